The molecular weight excluding hydrogens is 324 g/mol. The monoisotopic (exact) mass is 340 g/mol. The Morgan fingerprint density at radius 2 is 2.08 bits per heavy atom. The minimum atomic E-state index is -0.0945. The molecule has 0 atom stereocenters. The van der Waals surface area contributed by atoms with Gasteiger partial charge in [0.15, 0.2) is 5.78 Å². The van der Waals surface area contributed by atoms with Gasteiger partial charge in [-0.25, -0.2) is 0 Å². The van der Waals surface area contributed by atoms with Crippen molar-refractivity contribution >= 4 is 23.5 Å². The number of halogens is 1. The maximum Gasteiger partial charge on any atom is 0.189 e. The minimum Gasteiger partial charge on any atom is -0.457 e. The molecule has 1 aromatic carbocycles. The smallest absolute Gasteiger partial charge is 0.189 e. The summed E-state index contributed by atoms with van der Waals surface area (Å²) in [6.07, 6.45) is 4.92. The van der Waals surface area contributed by atoms with E-state index in [0.717, 1.165) is 17.8 Å². The van der Waals surface area contributed by atoms with Crippen LogP contribution >= 0.6 is 11.6 Å². The molecule has 5 heteroatoms. The summed E-state index contributed by atoms with van der Waals surface area (Å²) in [6, 6.07) is 11.1. The van der Waals surface area contributed by atoms with Crippen molar-refractivity contribution in [1.29, 1.82) is 0 Å². The predicted octanol–water partition coefficient (Wildman–Crippen LogP) is 5.02. The Labute approximate surface area is 145 Å². The zero-order chi connectivity index (χ0) is 17.1. The molecule has 0 spiro atoms. The first-order valence-corrected chi connectivity index (χ1v) is 8.07. The van der Waals surface area contributed by atoms with Crippen molar-refractivity contribution in [2.24, 2.45) is 0 Å². The van der Waals surface area contributed by atoms with Crippen LogP contribution in [0.5, 0.6) is 0 Å². The maximum atomic E-state index is 12.3. The second-order valence-corrected chi connectivity index (χ2v) is 5.77. The molecule has 0 saturated carbocycles. The first kappa shape index (κ1) is 16.3. The number of carbonyl (C=O) groups excluding carboxylic acids is 1. The lowest BCUT2D eigenvalue weighted by Crippen LogP contribution is -1.94. The predicted molar refractivity (Wildman–Crippen MR) is 95.2 cm³/mol. The molecule has 0 bridgehead atoms. The van der Waals surface area contributed by atoms with Crippen LogP contribution in [0.25, 0.3) is 17.4 Å². The largest absolute Gasteiger partial charge is 0.457 e. The topological polar surface area (TPSA) is 48.0 Å². The normalized spacial score (nSPS) is 11.3. The number of aryl methyl sites for hydroxylation is 2. The van der Waals surface area contributed by atoms with E-state index in [1.165, 1.54) is 6.08 Å². The third-order valence-corrected chi connectivity index (χ3v) is 4.03. The van der Waals surface area contributed by atoms with Crippen LogP contribution in [0.15, 0.2) is 53.1 Å². The fourth-order valence-corrected chi connectivity index (χ4v) is 2.65. The highest BCUT2D eigenvalue weighted by atomic mass is 35.5. The van der Waals surface area contributed by atoms with E-state index < -0.39 is 0 Å². The van der Waals surface area contributed by atoms with E-state index in [1.807, 2.05) is 50.2 Å². The van der Waals surface area contributed by atoms with Crippen molar-refractivity contribution < 1.29 is 9.21 Å². The van der Waals surface area contributed by atoms with Crippen molar-refractivity contribution in [1.82, 2.24) is 9.78 Å². The first-order valence-electron chi connectivity index (χ1n) is 7.69. The molecule has 0 N–H and O–H groups in total. The van der Waals surface area contributed by atoms with Crippen molar-refractivity contribution in [3.8, 4) is 11.3 Å². The minimum absolute atomic E-state index is 0.0945. The number of aromatic nitrogens is 2. The summed E-state index contributed by atoms with van der Waals surface area (Å²) in [6.45, 7) is 4.54. The highest BCUT2D eigenvalue weighted by molar-refractivity contribution is 6.33. The molecule has 2 heterocycles. The van der Waals surface area contributed by atoms with Gasteiger partial charge in [0.2, 0.25) is 0 Å². The number of benzene rings is 1. The van der Waals surface area contributed by atoms with Gasteiger partial charge in [-0.05, 0) is 50.3 Å². The third kappa shape index (κ3) is 3.34. The molecule has 0 aliphatic carbocycles. The van der Waals surface area contributed by atoms with Gasteiger partial charge < -0.3 is 4.42 Å². The van der Waals surface area contributed by atoms with Gasteiger partial charge in [-0.2, -0.15) is 5.10 Å². The molecule has 0 unspecified atom stereocenters. The Morgan fingerprint density at radius 3 is 2.79 bits per heavy atom. The quantitative estimate of drug-likeness (QED) is 0.484. The molecule has 0 aliphatic rings. The lowest BCUT2D eigenvalue weighted by Gasteiger charge is -1.98. The summed E-state index contributed by atoms with van der Waals surface area (Å²) in [5, 5.41) is 4.91. The fourth-order valence-electron chi connectivity index (χ4n) is 2.42. The number of carbonyl (C=O) groups is 1. The molecule has 0 radical (unpaired) electrons. The average molecular weight is 341 g/mol. The van der Waals surface area contributed by atoms with E-state index in [1.54, 1.807) is 17.0 Å². The lowest BCUT2D eigenvalue weighted by atomic mass is 10.1. The van der Waals surface area contributed by atoms with Crippen LogP contribution < -0.4 is 0 Å². The summed E-state index contributed by atoms with van der Waals surface area (Å²) in [5.41, 5.74) is 2.15. The van der Waals surface area contributed by atoms with Crippen LogP contribution in [0.3, 0.4) is 0 Å². The molecule has 3 aromatic rings. The van der Waals surface area contributed by atoms with E-state index in [-0.39, 0.29) is 5.78 Å². The van der Waals surface area contributed by atoms with Crippen LogP contribution in [0.2, 0.25) is 5.02 Å². The molecule has 3 rings (SSSR count). The van der Waals surface area contributed by atoms with Crippen LogP contribution in [-0.4, -0.2) is 15.6 Å². The second-order valence-electron chi connectivity index (χ2n) is 5.36. The lowest BCUT2D eigenvalue weighted by molar-refractivity contribution is 0.104. The van der Waals surface area contributed by atoms with Crippen LogP contribution in [0.1, 0.15) is 28.7 Å². The summed E-state index contributed by atoms with van der Waals surface area (Å²) < 4.78 is 7.50. The molecule has 4 nitrogen and oxygen atoms in total. The van der Waals surface area contributed by atoms with Gasteiger partial charge in [0, 0.05) is 18.3 Å². The summed E-state index contributed by atoms with van der Waals surface area (Å²) in [7, 11) is 0. The first-order chi connectivity index (χ1) is 11.6. The van der Waals surface area contributed by atoms with Gasteiger partial charge in [-0.3, -0.25) is 9.48 Å². The number of ketones is 1. The number of allylic oxidation sites excluding steroid dienone is 1. The van der Waals surface area contributed by atoms with Crippen molar-refractivity contribution in [2.75, 3.05) is 0 Å². The van der Waals surface area contributed by atoms with Gasteiger partial charge in [-0.1, -0.05) is 23.7 Å². The van der Waals surface area contributed by atoms with Gasteiger partial charge >= 0.3 is 0 Å². The van der Waals surface area contributed by atoms with E-state index in [9.17, 15) is 4.79 Å². The summed E-state index contributed by atoms with van der Waals surface area (Å²) in [4.78, 5) is 12.3. The standard InChI is InChI=1S/C19H17ClN2O2/c1-3-22-12-16(13(2)21-22)18(23)10-8-14-9-11-19(24-14)15-6-4-5-7-17(15)20/h4-12H,3H2,1-2H3/b10-8+. The van der Waals surface area contributed by atoms with Crippen LogP contribution in [0.4, 0.5) is 0 Å². The molecule has 0 fully saturated rings. The molecule has 2 aromatic heterocycles. The van der Waals surface area contributed by atoms with Gasteiger partial charge in [-0.15, -0.1) is 0 Å². The molecule has 0 amide bonds. The van der Waals surface area contributed by atoms with E-state index in [0.29, 0.717) is 22.1 Å². The summed E-state index contributed by atoms with van der Waals surface area (Å²) in [5.74, 6) is 1.17. The molecule has 0 aliphatic heterocycles. The molecule has 0 saturated heterocycles. The number of furan rings is 1. The Bertz CT molecular complexity index is 906. The second kappa shape index (κ2) is 6.89. The number of nitrogens with zero attached hydrogens (tertiary/aromatic N) is 2. The average Bonchev–Trinajstić information content (AvgIpc) is 3.19. The number of rotatable bonds is 5. The van der Waals surface area contributed by atoms with Crippen molar-refractivity contribution in [3.05, 3.63) is 70.7 Å². The zero-order valence-electron chi connectivity index (χ0n) is 13.5. The van der Waals surface area contributed by atoms with Crippen LogP contribution in [-0.2, 0) is 6.54 Å². The molecule has 122 valence electrons. The van der Waals surface area contributed by atoms with E-state index in [4.69, 9.17) is 16.0 Å². The number of hydrogen-bond donors (Lipinski definition) is 0. The van der Waals surface area contributed by atoms with E-state index in [2.05, 4.69) is 5.10 Å². The highest BCUT2D eigenvalue weighted by Crippen LogP contribution is 2.29. The zero-order valence-corrected chi connectivity index (χ0v) is 14.2. The highest BCUT2D eigenvalue weighted by Gasteiger charge is 2.11. The van der Waals surface area contributed by atoms with Gasteiger partial charge in [0.05, 0.1) is 16.3 Å². The maximum absolute atomic E-state index is 12.3. The fraction of sp³-hybridized carbons (Fsp3) is 0.158. The van der Waals surface area contributed by atoms with Crippen LogP contribution in [0, 0.1) is 6.92 Å². The molecule has 24 heavy (non-hydrogen) atoms. The third-order valence-electron chi connectivity index (χ3n) is 3.70. The van der Waals surface area contributed by atoms with Gasteiger partial charge in [0.1, 0.15) is 11.5 Å². The Hall–Kier alpha value is -2.59. The summed E-state index contributed by atoms with van der Waals surface area (Å²) >= 11 is 6.17. The Morgan fingerprint density at radius 1 is 1.29 bits per heavy atom. The van der Waals surface area contributed by atoms with E-state index >= 15 is 0 Å². The Balaban J connectivity index is 1.79. The number of hydrogen-bond acceptors (Lipinski definition) is 3. The van der Waals surface area contributed by atoms with Gasteiger partial charge in [0.25, 0.3) is 0 Å². The van der Waals surface area contributed by atoms with Crippen molar-refractivity contribution in [2.45, 2.75) is 20.4 Å². The molecular formula is C19H17ClN2O2. The Kier molecular flexibility index (Phi) is 4.67. The van der Waals surface area contributed by atoms with Crippen molar-refractivity contribution in [3.63, 3.8) is 0 Å². The SMILES string of the molecule is CCn1cc(C(=O)/C=C/c2ccc(-c3ccccc3Cl)o2)c(C)n1.